The second-order valence-corrected chi connectivity index (χ2v) is 19.5. The summed E-state index contributed by atoms with van der Waals surface area (Å²) in [6.45, 7) is 10.7. The van der Waals surface area contributed by atoms with Crippen LogP contribution in [-0.4, -0.2) is 37.1 Å². The van der Waals surface area contributed by atoms with Crippen LogP contribution in [0.1, 0.15) is 49.2 Å². The van der Waals surface area contributed by atoms with Crippen LogP contribution in [0.3, 0.4) is 0 Å². The molecular weight excluding hydrogens is 805 g/mol. The summed E-state index contributed by atoms with van der Waals surface area (Å²) < 4.78 is 42.2. The minimum absolute atomic E-state index is 0.245. The van der Waals surface area contributed by atoms with Crippen LogP contribution >= 0.6 is 0 Å². The molecule has 9 aromatic rings. The van der Waals surface area contributed by atoms with E-state index in [0.717, 1.165) is 102 Å². The molecule has 0 atom stereocenters. The Balaban J connectivity index is 1.08. The third-order valence-corrected chi connectivity index (χ3v) is 14.0. The second kappa shape index (κ2) is 13.7. The van der Waals surface area contributed by atoms with Gasteiger partial charge in [0.25, 0.3) is 0 Å². The molecule has 2 aliphatic rings. The Morgan fingerprint density at radius 3 is 1.29 bits per heavy atom. The molecular formula is C54H42N2O6S. The second-order valence-electron chi connectivity index (χ2n) is 18.2. The SMILES string of the molecule is CC1(C)CN(c2ccc(-c3ccc(C(=O)O)cc3)cc2)c2c1c1[o+]c3c4c(c5ccccc5c3cc1c1ccccc21)N(c1ccc(-c2ccc(S(=O)(=O)[O-])cc2)cc1)CC4(C)C. The van der Waals surface area contributed by atoms with E-state index in [4.69, 9.17) is 4.42 Å². The van der Waals surface area contributed by atoms with Crippen LogP contribution in [0.2, 0.25) is 0 Å². The first-order valence-electron chi connectivity index (χ1n) is 21.0. The number of rotatable bonds is 6. The molecule has 1 aromatic heterocycles. The Labute approximate surface area is 365 Å². The molecule has 0 saturated heterocycles. The summed E-state index contributed by atoms with van der Waals surface area (Å²) in [6, 6.07) is 49.5. The molecule has 3 heterocycles. The van der Waals surface area contributed by atoms with Crippen LogP contribution in [0.25, 0.3) is 65.7 Å². The number of fused-ring (bicyclic) bond motifs is 12. The monoisotopic (exact) mass is 846 g/mol. The van der Waals surface area contributed by atoms with Crippen molar-refractivity contribution in [2.45, 2.75) is 43.4 Å². The molecule has 0 bridgehead atoms. The van der Waals surface area contributed by atoms with E-state index in [2.05, 4.69) is 128 Å². The highest BCUT2D eigenvalue weighted by molar-refractivity contribution is 7.85. The van der Waals surface area contributed by atoms with Crippen molar-refractivity contribution in [3.8, 4) is 22.3 Å². The fourth-order valence-electron chi connectivity index (χ4n) is 10.2. The quantitative estimate of drug-likeness (QED) is 0.0762. The fourth-order valence-corrected chi connectivity index (χ4v) is 10.7. The van der Waals surface area contributed by atoms with E-state index >= 15 is 0 Å². The number of hydrogen-bond donors (Lipinski definition) is 1. The fraction of sp³-hybridized carbons (Fsp3) is 0.148. The van der Waals surface area contributed by atoms with Crippen molar-refractivity contribution in [2.24, 2.45) is 0 Å². The maximum absolute atomic E-state index is 11.5. The van der Waals surface area contributed by atoms with Gasteiger partial charge in [-0.05, 0) is 76.9 Å². The van der Waals surface area contributed by atoms with Crippen molar-refractivity contribution >= 4 is 82.3 Å². The molecule has 9 heteroatoms. The third kappa shape index (κ3) is 6.09. The van der Waals surface area contributed by atoms with Gasteiger partial charge in [0.2, 0.25) is 0 Å². The predicted octanol–water partition coefficient (Wildman–Crippen LogP) is 13.0. The van der Waals surface area contributed by atoms with Crippen LogP contribution in [0.4, 0.5) is 22.7 Å². The molecule has 0 spiro atoms. The molecule has 310 valence electrons. The first kappa shape index (κ1) is 38.8. The molecule has 2 aliphatic heterocycles. The van der Waals surface area contributed by atoms with E-state index in [1.807, 2.05) is 24.3 Å². The van der Waals surface area contributed by atoms with E-state index in [1.165, 1.54) is 23.1 Å². The molecule has 0 aliphatic carbocycles. The maximum atomic E-state index is 11.5. The van der Waals surface area contributed by atoms with Crippen molar-refractivity contribution in [3.63, 3.8) is 0 Å². The summed E-state index contributed by atoms with van der Waals surface area (Å²) in [5.41, 5.74) is 11.9. The first-order valence-corrected chi connectivity index (χ1v) is 22.4. The van der Waals surface area contributed by atoms with Crippen LogP contribution in [0.15, 0.2) is 161 Å². The number of benzene rings is 8. The molecule has 11 rings (SSSR count). The first-order chi connectivity index (χ1) is 30.2. The molecule has 0 fully saturated rings. The van der Waals surface area contributed by atoms with Crippen LogP contribution < -0.4 is 9.80 Å². The largest absolute Gasteiger partial charge is 0.744 e. The Bertz CT molecular complexity index is 3490. The number of anilines is 4. The molecule has 63 heavy (non-hydrogen) atoms. The number of nitrogens with zero attached hydrogens (tertiary/aromatic N) is 2. The van der Waals surface area contributed by atoms with E-state index in [1.54, 1.807) is 24.3 Å². The summed E-state index contributed by atoms with van der Waals surface area (Å²) in [5, 5.41) is 16.1. The van der Waals surface area contributed by atoms with Gasteiger partial charge < -0.3 is 19.5 Å². The summed E-state index contributed by atoms with van der Waals surface area (Å²) in [4.78, 5) is 16.0. The average Bonchev–Trinajstić information content (AvgIpc) is 3.75. The van der Waals surface area contributed by atoms with Crippen molar-refractivity contribution in [2.75, 3.05) is 22.9 Å². The maximum Gasteiger partial charge on any atom is 0.367 e. The van der Waals surface area contributed by atoms with Crippen molar-refractivity contribution < 1.29 is 27.3 Å². The van der Waals surface area contributed by atoms with Crippen LogP contribution in [0, 0.1) is 0 Å². The smallest absolute Gasteiger partial charge is 0.367 e. The zero-order valence-electron chi connectivity index (χ0n) is 35.1. The highest BCUT2D eigenvalue weighted by Crippen LogP contribution is 2.56. The Morgan fingerprint density at radius 2 is 0.905 bits per heavy atom. The van der Waals surface area contributed by atoms with Gasteiger partial charge in [-0.25, -0.2) is 17.6 Å². The van der Waals surface area contributed by atoms with Gasteiger partial charge in [-0.1, -0.05) is 125 Å². The topological polar surface area (TPSA) is 112 Å². The Kier molecular flexibility index (Phi) is 8.45. The molecule has 8 nitrogen and oxygen atoms in total. The lowest BCUT2D eigenvalue weighted by Crippen LogP contribution is -2.25. The van der Waals surface area contributed by atoms with Gasteiger partial charge in [-0.15, -0.1) is 0 Å². The molecule has 8 aromatic carbocycles. The number of aromatic carboxylic acids is 1. The van der Waals surface area contributed by atoms with Gasteiger partial charge in [0.1, 0.15) is 10.1 Å². The number of carbonyl (C=O) groups is 1. The lowest BCUT2D eigenvalue weighted by molar-refractivity contribution is 0.0697. The molecule has 0 saturated carbocycles. The van der Waals surface area contributed by atoms with E-state index in [0.29, 0.717) is 0 Å². The van der Waals surface area contributed by atoms with Gasteiger partial charge >= 0.3 is 17.1 Å². The van der Waals surface area contributed by atoms with Crippen molar-refractivity contribution in [1.29, 1.82) is 0 Å². The lowest BCUT2D eigenvalue weighted by Gasteiger charge is -2.23. The minimum Gasteiger partial charge on any atom is -0.744 e. The third-order valence-electron chi connectivity index (χ3n) is 13.2. The van der Waals surface area contributed by atoms with Gasteiger partial charge in [0, 0.05) is 56.8 Å². The molecule has 0 amide bonds. The summed E-state index contributed by atoms with van der Waals surface area (Å²) in [7, 11) is -4.53. The Hall–Kier alpha value is -7.07. The average molecular weight is 847 g/mol. The van der Waals surface area contributed by atoms with E-state index < -0.39 is 16.1 Å². The molecule has 1 N–H and O–H groups in total. The Morgan fingerprint density at radius 1 is 0.540 bits per heavy atom. The summed E-state index contributed by atoms with van der Waals surface area (Å²) >= 11 is 0. The molecule has 0 unspecified atom stereocenters. The number of carboxylic acids is 1. The van der Waals surface area contributed by atoms with Crippen LogP contribution in [0.5, 0.6) is 0 Å². The summed E-state index contributed by atoms with van der Waals surface area (Å²) in [6.07, 6.45) is 0. The molecule has 0 radical (unpaired) electrons. The number of carboxylic acid groups (broad SMARTS) is 1. The lowest BCUT2D eigenvalue weighted by atomic mass is 9.82. The van der Waals surface area contributed by atoms with Crippen molar-refractivity contribution in [1.82, 2.24) is 0 Å². The van der Waals surface area contributed by atoms with Gasteiger partial charge in [-0.2, -0.15) is 0 Å². The van der Waals surface area contributed by atoms with Crippen molar-refractivity contribution in [3.05, 3.63) is 168 Å². The van der Waals surface area contributed by atoms with E-state index in [9.17, 15) is 22.9 Å². The highest BCUT2D eigenvalue weighted by atomic mass is 32.2. The predicted molar refractivity (Wildman–Crippen MR) is 252 cm³/mol. The standard InChI is InChI=1S/C54H42N2O6S/c1-53(2)30-55(37-23-17-33(18-24-37)32-13-15-36(16-14-32)52(57)58)48-42-11-7-5-9-40(42)44-29-45-41-10-6-8-12-43(41)49-47(51(45)62-50(44)46(48)53)54(3,4)31-56(49)38-25-19-34(20-26-38)35-21-27-39(28-22-35)63(59,60)61/h5-29H,30-31H2,1-4H3,(H-,57,58,59,60,61). The van der Waals surface area contributed by atoms with Gasteiger partial charge in [0.05, 0.1) is 43.7 Å². The van der Waals surface area contributed by atoms with Gasteiger partial charge in [-0.3, -0.25) is 0 Å². The number of hydrogen-bond acceptors (Lipinski definition) is 6. The minimum atomic E-state index is -4.53. The van der Waals surface area contributed by atoms with Crippen LogP contribution in [-0.2, 0) is 20.9 Å². The normalized spacial score (nSPS) is 15.4. The zero-order valence-corrected chi connectivity index (χ0v) is 36.0. The highest BCUT2D eigenvalue weighted by Gasteiger charge is 2.47. The zero-order chi connectivity index (χ0) is 43.6. The van der Waals surface area contributed by atoms with E-state index in [-0.39, 0.29) is 21.3 Å². The summed E-state index contributed by atoms with van der Waals surface area (Å²) in [5.74, 6) is -0.940. The van der Waals surface area contributed by atoms with Gasteiger partial charge in [0.15, 0.2) is 0 Å².